The van der Waals surface area contributed by atoms with Crippen LogP contribution in [0.15, 0.2) is 42.6 Å². The van der Waals surface area contributed by atoms with E-state index >= 15 is 0 Å². The fourth-order valence-electron chi connectivity index (χ4n) is 2.03. The van der Waals surface area contributed by atoms with Crippen molar-refractivity contribution in [3.05, 3.63) is 58.7 Å². The highest BCUT2D eigenvalue weighted by Gasteiger charge is 2.11. The van der Waals surface area contributed by atoms with E-state index in [0.29, 0.717) is 5.82 Å². The Labute approximate surface area is 128 Å². The number of aromatic nitrogens is 1. The predicted octanol–water partition coefficient (Wildman–Crippen LogP) is 3.87. The molecule has 1 aromatic carbocycles. The fraction of sp³-hybridized carbons (Fsp3) is 0.250. The van der Waals surface area contributed by atoms with Gasteiger partial charge in [0.2, 0.25) is 0 Å². The van der Waals surface area contributed by atoms with Crippen molar-refractivity contribution in [2.24, 2.45) is 0 Å². The molecule has 0 amide bonds. The molecule has 0 bridgehead atoms. The van der Waals surface area contributed by atoms with Crippen LogP contribution in [-0.4, -0.2) is 22.1 Å². The number of hydrogen-bond acceptors (Lipinski definition) is 3. The second-order valence-corrected chi connectivity index (χ2v) is 5.33. The van der Waals surface area contributed by atoms with Gasteiger partial charge in [-0.25, -0.2) is 9.78 Å². The lowest BCUT2D eigenvalue weighted by Gasteiger charge is -2.15. The maximum Gasteiger partial charge on any atom is 0.337 e. The Balaban J connectivity index is 1.95. The van der Waals surface area contributed by atoms with E-state index in [2.05, 4.69) is 22.4 Å². The SMILES string of the molecule is CC(CCc1ccccc1)Nc1cc(C(=O)O)c(Cl)cn1. The van der Waals surface area contributed by atoms with Gasteiger partial charge in [-0.1, -0.05) is 41.9 Å². The van der Waals surface area contributed by atoms with Gasteiger partial charge in [-0.15, -0.1) is 0 Å². The Bertz CT molecular complexity index is 617. The summed E-state index contributed by atoms with van der Waals surface area (Å²) in [6.07, 6.45) is 3.24. The number of hydrogen-bond donors (Lipinski definition) is 2. The summed E-state index contributed by atoms with van der Waals surface area (Å²) < 4.78 is 0. The average molecular weight is 305 g/mol. The summed E-state index contributed by atoms with van der Waals surface area (Å²) in [6.45, 7) is 2.04. The summed E-state index contributed by atoms with van der Waals surface area (Å²) in [6, 6.07) is 11.9. The van der Waals surface area contributed by atoms with Crippen LogP contribution in [0.3, 0.4) is 0 Å². The van der Waals surface area contributed by atoms with Gasteiger partial charge in [0.05, 0.1) is 10.6 Å². The molecule has 2 rings (SSSR count). The average Bonchev–Trinajstić information content (AvgIpc) is 2.48. The van der Waals surface area contributed by atoms with E-state index in [1.165, 1.54) is 17.8 Å². The zero-order valence-corrected chi connectivity index (χ0v) is 12.5. The topological polar surface area (TPSA) is 62.2 Å². The molecule has 0 fully saturated rings. The van der Waals surface area contributed by atoms with E-state index in [-0.39, 0.29) is 16.6 Å². The third kappa shape index (κ3) is 4.46. The van der Waals surface area contributed by atoms with Crippen LogP contribution in [0.2, 0.25) is 5.02 Å². The largest absolute Gasteiger partial charge is 0.478 e. The van der Waals surface area contributed by atoms with Gasteiger partial charge in [0.1, 0.15) is 5.82 Å². The first-order valence-corrected chi connectivity index (χ1v) is 7.13. The first-order valence-electron chi connectivity index (χ1n) is 6.75. The van der Waals surface area contributed by atoms with E-state index in [4.69, 9.17) is 16.7 Å². The summed E-state index contributed by atoms with van der Waals surface area (Å²) >= 11 is 5.80. The highest BCUT2D eigenvalue weighted by atomic mass is 35.5. The van der Waals surface area contributed by atoms with Gasteiger partial charge in [0, 0.05) is 12.2 Å². The van der Waals surface area contributed by atoms with Gasteiger partial charge in [0.25, 0.3) is 0 Å². The molecule has 0 saturated heterocycles. The number of nitrogens with one attached hydrogen (secondary N) is 1. The second kappa shape index (κ2) is 7.09. The first kappa shape index (κ1) is 15.3. The van der Waals surface area contributed by atoms with E-state index in [0.717, 1.165) is 12.8 Å². The van der Waals surface area contributed by atoms with Crippen molar-refractivity contribution in [1.29, 1.82) is 0 Å². The molecule has 2 N–H and O–H groups in total. The number of aryl methyl sites for hydroxylation is 1. The minimum Gasteiger partial charge on any atom is -0.478 e. The van der Waals surface area contributed by atoms with Crippen LogP contribution in [0.25, 0.3) is 0 Å². The van der Waals surface area contributed by atoms with Crippen LogP contribution >= 0.6 is 11.6 Å². The van der Waals surface area contributed by atoms with Crippen molar-refractivity contribution < 1.29 is 9.90 Å². The zero-order chi connectivity index (χ0) is 15.2. The van der Waals surface area contributed by atoms with Gasteiger partial charge in [-0.3, -0.25) is 0 Å². The number of aromatic carboxylic acids is 1. The maximum absolute atomic E-state index is 11.0. The smallest absolute Gasteiger partial charge is 0.337 e. The van der Waals surface area contributed by atoms with Crippen molar-refractivity contribution in [3.8, 4) is 0 Å². The lowest BCUT2D eigenvalue weighted by molar-refractivity contribution is 0.0697. The summed E-state index contributed by atoms with van der Waals surface area (Å²) in [5.41, 5.74) is 1.34. The molecule has 0 radical (unpaired) electrons. The molecule has 2 aromatic rings. The zero-order valence-electron chi connectivity index (χ0n) is 11.7. The molecule has 110 valence electrons. The maximum atomic E-state index is 11.0. The minimum atomic E-state index is -1.05. The van der Waals surface area contributed by atoms with E-state index in [1.807, 2.05) is 25.1 Å². The number of pyridine rings is 1. The number of nitrogens with zero attached hydrogens (tertiary/aromatic N) is 1. The molecule has 1 heterocycles. The molecule has 1 unspecified atom stereocenters. The van der Waals surface area contributed by atoms with E-state index < -0.39 is 5.97 Å². The molecule has 0 aliphatic heterocycles. The number of carboxylic acid groups (broad SMARTS) is 1. The van der Waals surface area contributed by atoms with Gasteiger partial charge in [-0.05, 0) is 31.4 Å². The monoisotopic (exact) mass is 304 g/mol. The number of carboxylic acids is 1. The van der Waals surface area contributed by atoms with Gasteiger partial charge < -0.3 is 10.4 Å². The normalized spacial score (nSPS) is 11.9. The van der Waals surface area contributed by atoms with Crippen LogP contribution in [-0.2, 0) is 6.42 Å². The Morgan fingerprint density at radius 3 is 2.76 bits per heavy atom. The highest BCUT2D eigenvalue weighted by Crippen LogP contribution is 2.19. The summed E-state index contributed by atoms with van der Waals surface area (Å²) in [5, 5.41) is 12.4. The Hall–Kier alpha value is -2.07. The quantitative estimate of drug-likeness (QED) is 0.850. The van der Waals surface area contributed by atoms with Crippen molar-refractivity contribution in [3.63, 3.8) is 0 Å². The Morgan fingerprint density at radius 2 is 2.10 bits per heavy atom. The molecule has 4 nitrogen and oxygen atoms in total. The van der Waals surface area contributed by atoms with E-state index in [9.17, 15) is 4.79 Å². The van der Waals surface area contributed by atoms with Crippen molar-refractivity contribution in [1.82, 2.24) is 4.98 Å². The molecule has 0 aliphatic carbocycles. The molecule has 5 heteroatoms. The van der Waals surface area contributed by atoms with Crippen LogP contribution in [0, 0.1) is 0 Å². The second-order valence-electron chi connectivity index (χ2n) is 4.92. The summed E-state index contributed by atoms with van der Waals surface area (Å²) in [7, 11) is 0. The number of rotatable bonds is 6. The standard InChI is InChI=1S/C16H17ClN2O2/c1-11(7-8-12-5-3-2-4-6-12)19-15-9-13(16(20)21)14(17)10-18-15/h2-6,9-11H,7-8H2,1H3,(H,18,19)(H,20,21). The third-order valence-corrected chi connectivity index (χ3v) is 3.49. The van der Waals surface area contributed by atoms with E-state index in [1.54, 1.807) is 0 Å². The predicted molar refractivity (Wildman–Crippen MR) is 84.1 cm³/mol. The van der Waals surface area contributed by atoms with Crippen molar-refractivity contribution >= 4 is 23.4 Å². The molecule has 21 heavy (non-hydrogen) atoms. The minimum absolute atomic E-state index is 0.0597. The lowest BCUT2D eigenvalue weighted by Crippen LogP contribution is -2.17. The highest BCUT2D eigenvalue weighted by molar-refractivity contribution is 6.33. The molecule has 1 aromatic heterocycles. The lowest BCUT2D eigenvalue weighted by atomic mass is 10.1. The van der Waals surface area contributed by atoms with Crippen molar-refractivity contribution in [2.75, 3.05) is 5.32 Å². The van der Waals surface area contributed by atoms with Gasteiger partial charge in [0.15, 0.2) is 0 Å². The Morgan fingerprint density at radius 1 is 1.38 bits per heavy atom. The van der Waals surface area contributed by atoms with Crippen LogP contribution in [0.4, 0.5) is 5.82 Å². The first-order chi connectivity index (χ1) is 10.1. The summed E-state index contributed by atoms with van der Waals surface area (Å²) in [4.78, 5) is 15.1. The fourth-order valence-corrected chi connectivity index (χ4v) is 2.22. The molecular weight excluding hydrogens is 288 g/mol. The number of halogens is 1. The molecular formula is C16H17ClN2O2. The number of benzene rings is 1. The Kier molecular flexibility index (Phi) is 5.17. The number of anilines is 1. The number of carbonyl (C=O) groups is 1. The third-order valence-electron chi connectivity index (χ3n) is 3.19. The molecule has 1 atom stereocenters. The molecule has 0 saturated carbocycles. The van der Waals surface area contributed by atoms with Gasteiger partial charge >= 0.3 is 5.97 Å². The van der Waals surface area contributed by atoms with Crippen LogP contribution < -0.4 is 5.32 Å². The molecule has 0 aliphatic rings. The van der Waals surface area contributed by atoms with Crippen molar-refractivity contribution in [2.45, 2.75) is 25.8 Å². The molecule has 0 spiro atoms. The summed E-state index contributed by atoms with van der Waals surface area (Å²) in [5.74, 6) is -0.528. The van der Waals surface area contributed by atoms with Crippen LogP contribution in [0.5, 0.6) is 0 Å². The van der Waals surface area contributed by atoms with Crippen LogP contribution in [0.1, 0.15) is 29.3 Å². The van der Waals surface area contributed by atoms with Gasteiger partial charge in [-0.2, -0.15) is 0 Å².